The van der Waals surface area contributed by atoms with Gasteiger partial charge in [0.25, 0.3) is 0 Å². The fraction of sp³-hybridized carbons (Fsp3) is 0.818. The largest absolute Gasteiger partial charge is 0.396 e. The fourth-order valence-corrected chi connectivity index (χ4v) is 8.21. The van der Waals surface area contributed by atoms with Crippen LogP contribution < -0.4 is 0 Å². The fourth-order valence-electron chi connectivity index (χ4n) is 8.21. The lowest BCUT2D eigenvalue weighted by atomic mass is 9.38. The summed E-state index contributed by atoms with van der Waals surface area (Å²) in [5, 5.41) is 43.8. The number of carbonyl (C=O) groups is 1. The first-order valence-corrected chi connectivity index (χ1v) is 14.6. The van der Waals surface area contributed by atoms with Crippen molar-refractivity contribution < 1.29 is 20.1 Å². The van der Waals surface area contributed by atoms with Crippen LogP contribution in [0.1, 0.15) is 114 Å². The van der Waals surface area contributed by atoms with E-state index < -0.39 is 33.4 Å². The van der Waals surface area contributed by atoms with Crippen LogP contribution in [0.2, 0.25) is 0 Å². The van der Waals surface area contributed by atoms with E-state index in [1.807, 2.05) is 26.0 Å². The molecule has 5 heteroatoms. The predicted octanol–water partition coefficient (Wildman–Crippen LogP) is 6.52. The van der Waals surface area contributed by atoms with Crippen LogP contribution in [0.4, 0.5) is 0 Å². The Hall–Kier alpha value is -1.48. The molecule has 214 valence electrons. The minimum atomic E-state index is -1.38. The van der Waals surface area contributed by atoms with Gasteiger partial charge in [0.05, 0.1) is 11.2 Å². The molecule has 0 bridgehead atoms. The lowest BCUT2D eigenvalue weighted by Gasteiger charge is -2.67. The Kier molecular flexibility index (Phi) is 7.82. The third-order valence-electron chi connectivity index (χ3n) is 12.3. The van der Waals surface area contributed by atoms with E-state index >= 15 is 0 Å². The monoisotopic (exact) mass is 527 g/mol. The predicted molar refractivity (Wildman–Crippen MR) is 152 cm³/mol. The number of hydrogen-bond acceptors (Lipinski definition) is 5. The zero-order valence-electron chi connectivity index (χ0n) is 25.7. The molecule has 3 aliphatic carbocycles. The van der Waals surface area contributed by atoms with Gasteiger partial charge in [-0.05, 0) is 67.6 Å². The van der Waals surface area contributed by atoms with Gasteiger partial charge in [-0.25, -0.2) is 0 Å². The maximum atomic E-state index is 13.2. The number of aliphatic hydroxyl groups is 3. The van der Waals surface area contributed by atoms with Gasteiger partial charge >= 0.3 is 0 Å². The molecule has 1 saturated carbocycles. The molecule has 0 unspecified atom stereocenters. The van der Waals surface area contributed by atoms with Crippen molar-refractivity contribution in [2.24, 2.45) is 38.4 Å². The average molecular weight is 528 g/mol. The third kappa shape index (κ3) is 4.43. The summed E-state index contributed by atoms with van der Waals surface area (Å²) < 4.78 is 0. The minimum Gasteiger partial charge on any atom is -0.396 e. The number of Topliss-reactive ketones (excluding diaryl/α,β-unsaturated/α-hetero) is 1. The van der Waals surface area contributed by atoms with Gasteiger partial charge in [0.2, 0.25) is 0 Å². The molecule has 3 N–H and O–H groups in total. The summed E-state index contributed by atoms with van der Waals surface area (Å²) in [6.45, 7) is 21.1. The number of ketones is 1. The highest BCUT2D eigenvalue weighted by atomic mass is 16.3. The molecule has 0 aromatic rings. The normalized spacial score (nSPS) is 40.3. The minimum absolute atomic E-state index is 0.00240. The maximum absolute atomic E-state index is 13.2. The van der Waals surface area contributed by atoms with Gasteiger partial charge in [0.1, 0.15) is 12.2 Å². The summed E-state index contributed by atoms with van der Waals surface area (Å²) in [6, 6.07) is 2.15. The van der Waals surface area contributed by atoms with Crippen LogP contribution in [0.25, 0.3) is 0 Å². The van der Waals surface area contributed by atoms with Gasteiger partial charge < -0.3 is 15.3 Å². The quantitative estimate of drug-likeness (QED) is 0.312. The van der Waals surface area contributed by atoms with Gasteiger partial charge in [0, 0.05) is 22.9 Å². The van der Waals surface area contributed by atoms with E-state index in [-0.39, 0.29) is 34.7 Å². The van der Waals surface area contributed by atoms with Gasteiger partial charge in [-0.1, -0.05) is 86.5 Å². The van der Waals surface area contributed by atoms with Gasteiger partial charge in [0.15, 0.2) is 5.78 Å². The summed E-state index contributed by atoms with van der Waals surface area (Å²) in [4.78, 5) is 13.2. The molecule has 0 aromatic heterocycles. The lowest BCUT2D eigenvalue weighted by Crippen LogP contribution is -2.67. The average Bonchev–Trinajstić information content (AvgIpc) is 2.84. The van der Waals surface area contributed by atoms with E-state index in [4.69, 9.17) is 0 Å². The van der Waals surface area contributed by atoms with Crippen LogP contribution in [0.3, 0.4) is 0 Å². The summed E-state index contributed by atoms with van der Waals surface area (Å²) in [5.41, 5.74) is -2.67. The van der Waals surface area contributed by atoms with E-state index in [0.717, 1.165) is 44.1 Å². The van der Waals surface area contributed by atoms with E-state index in [1.54, 1.807) is 6.92 Å². The number of carbonyl (C=O) groups excluding carboxylic acids is 1. The molecular formula is C33H53NO4. The van der Waals surface area contributed by atoms with E-state index in [2.05, 4.69) is 54.5 Å². The highest BCUT2D eigenvalue weighted by Gasteiger charge is 2.68. The molecule has 7 atom stereocenters. The molecule has 38 heavy (non-hydrogen) atoms. The molecular weight excluding hydrogens is 474 g/mol. The van der Waals surface area contributed by atoms with Gasteiger partial charge in [-0.2, -0.15) is 5.26 Å². The molecule has 0 aromatic carbocycles. The van der Waals surface area contributed by atoms with Crippen LogP contribution in [0.5, 0.6) is 0 Å². The van der Waals surface area contributed by atoms with Crippen LogP contribution in [-0.2, 0) is 4.79 Å². The van der Waals surface area contributed by atoms with E-state index in [0.29, 0.717) is 6.42 Å². The number of hydrogen-bond donors (Lipinski definition) is 3. The zero-order chi connectivity index (χ0) is 29.2. The van der Waals surface area contributed by atoms with Crippen molar-refractivity contribution in [1.29, 1.82) is 5.26 Å². The Morgan fingerprint density at radius 3 is 2.21 bits per heavy atom. The topological polar surface area (TPSA) is 102 Å². The van der Waals surface area contributed by atoms with Crippen molar-refractivity contribution in [2.75, 3.05) is 6.61 Å². The smallest absolute Gasteiger partial charge is 0.178 e. The van der Waals surface area contributed by atoms with Crippen molar-refractivity contribution in [1.82, 2.24) is 0 Å². The Balaban J connectivity index is 2.09. The first-order chi connectivity index (χ1) is 17.2. The second-order valence-corrected chi connectivity index (χ2v) is 15.4. The van der Waals surface area contributed by atoms with Crippen LogP contribution in [0, 0.1) is 49.7 Å². The molecule has 0 spiro atoms. The van der Waals surface area contributed by atoms with Gasteiger partial charge in [-0.15, -0.1) is 0 Å². The SMILES string of the molecule is CCC(C)(C)CC[C@](C)(CO)CC[C@@]1(C)[C@]2(C)CC[C@H]3C(C)(C)C(=O)C(C#N)=C[C@]3(C)C2=C[C@@H](O)[C@@]1(C)O. The number of nitriles is 1. The van der Waals surface area contributed by atoms with Crippen LogP contribution >= 0.6 is 0 Å². The molecule has 1 fully saturated rings. The highest BCUT2D eigenvalue weighted by molar-refractivity contribution is 6.04. The Labute approximate surface area is 231 Å². The first-order valence-electron chi connectivity index (χ1n) is 14.6. The van der Waals surface area contributed by atoms with E-state index in [9.17, 15) is 25.4 Å². The summed E-state index contributed by atoms with van der Waals surface area (Å²) in [6.07, 6.45) is 8.55. The van der Waals surface area contributed by atoms with Gasteiger partial charge in [-0.3, -0.25) is 4.79 Å². The molecule has 3 aliphatic rings. The number of allylic oxidation sites excluding steroid dienone is 3. The number of fused-ring (bicyclic) bond motifs is 3. The summed E-state index contributed by atoms with van der Waals surface area (Å²) in [7, 11) is 0. The Morgan fingerprint density at radius 1 is 1.08 bits per heavy atom. The molecule has 0 heterocycles. The van der Waals surface area contributed by atoms with Crippen molar-refractivity contribution in [3.63, 3.8) is 0 Å². The molecule has 3 rings (SSSR count). The first kappa shape index (κ1) is 31.1. The Morgan fingerprint density at radius 2 is 1.68 bits per heavy atom. The van der Waals surface area contributed by atoms with Crippen LogP contribution in [0.15, 0.2) is 23.3 Å². The van der Waals surface area contributed by atoms with Crippen LogP contribution in [-0.4, -0.2) is 39.4 Å². The third-order valence-corrected chi connectivity index (χ3v) is 12.3. The zero-order valence-corrected chi connectivity index (χ0v) is 25.7. The second-order valence-electron chi connectivity index (χ2n) is 15.4. The van der Waals surface area contributed by atoms with Crippen molar-refractivity contribution in [3.05, 3.63) is 23.3 Å². The lowest BCUT2D eigenvalue weighted by molar-refractivity contribution is -0.198. The summed E-state index contributed by atoms with van der Waals surface area (Å²) >= 11 is 0. The maximum Gasteiger partial charge on any atom is 0.178 e. The van der Waals surface area contributed by atoms with Crippen molar-refractivity contribution in [2.45, 2.75) is 126 Å². The number of rotatable bonds is 8. The number of nitrogens with zero attached hydrogens (tertiary/aromatic N) is 1. The highest BCUT2D eigenvalue weighted by Crippen LogP contribution is 2.71. The second kappa shape index (κ2) is 9.57. The molecule has 0 saturated heterocycles. The summed E-state index contributed by atoms with van der Waals surface area (Å²) in [5.74, 6) is -0.107. The molecule has 0 aliphatic heterocycles. The molecule has 0 amide bonds. The van der Waals surface area contributed by atoms with E-state index in [1.165, 1.54) is 0 Å². The van der Waals surface area contributed by atoms with Crippen molar-refractivity contribution >= 4 is 5.78 Å². The van der Waals surface area contributed by atoms with Crippen molar-refractivity contribution in [3.8, 4) is 6.07 Å². The number of aliphatic hydroxyl groups excluding tert-OH is 2. The molecule has 0 radical (unpaired) electrons. The standard InChI is InChI=1S/C33H53NO4/c1-11-27(2,3)14-15-29(6,21-35)16-17-32(9)31(8)13-12-23-28(4,5)26(37)22(20-34)19-30(23,7)24(31)18-25(36)33(32,10)38/h18-19,23,25,35-36,38H,11-17,21H2,1-10H3/t23-,25+,29-,30-,31+,32-,33+/m0/s1. The molecule has 5 nitrogen and oxygen atoms in total. The Bertz CT molecular complexity index is 1060.